The van der Waals surface area contributed by atoms with Crippen LogP contribution >= 0.6 is 27.3 Å². The second-order valence-electron chi connectivity index (χ2n) is 3.93. The fourth-order valence-corrected chi connectivity index (χ4v) is 2.67. The van der Waals surface area contributed by atoms with Crippen molar-refractivity contribution in [2.45, 2.75) is 13.0 Å². The van der Waals surface area contributed by atoms with Crippen LogP contribution in [-0.4, -0.2) is 22.2 Å². The monoisotopic (exact) mass is 339 g/mol. The molecule has 0 fully saturated rings. The summed E-state index contributed by atoms with van der Waals surface area (Å²) in [5.41, 5.74) is 1.03. The summed E-state index contributed by atoms with van der Waals surface area (Å²) < 4.78 is 2.91. The Labute approximate surface area is 124 Å². The molecule has 0 aliphatic carbocycles. The van der Waals surface area contributed by atoms with Crippen LogP contribution in [0.4, 0.5) is 0 Å². The van der Waals surface area contributed by atoms with Gasteiger partial charge in [-0.3, -0.25) is 9.48 Å². The first-order valence-corrected chi connectivity index (χ1v) is 7.59. The van der Waals surface area contributed by atoms with Crippen molar-refractivity contribution in [1.29, 1.82) is 0 Å². The van der Waals surface area contributed by atoms with E-state index in [1.165, 1.54) is 0 Å². The van der Waals surface area contributed by atoms with E-state index in [4.69, 9.17) is 0 Å². The van der Waals surface area contributed by atoms with Gasteiger partial charge < -0.3 is 5.32 Å². The lowest BCUT2D eigenvalue weighted by molar-refractivity contribution is -0.116. The highest BCUT2D eigenvalue weighted by Gasteiger charge is 1.97. The summed E-state index contributed by atoms with van der Waals surface area (Å²) in [5.74, 6) is -0.0669. The van der Waals surface area contributed by atoms with Crippen molar-refractivity contribution in [3.05, 3.63) is 45.3 Å². The number of carbonyl (C=O) groups is 1. The molecule has 0 saturated heterocycles. The summed E-state index contributed by atoms with van der Waals surface area (Å²) in [4.78, 5) is 11.6. The van der Waals surface area contributed by atoms with Crippen molar-refractivity contribution in [2.75, 3.05) is 6.54 Å². The van der Waals surface area contributed by atoms with Crippen LogP contribution in [0.25, 0.3) is 6.08 Å². The molecule has 0 aromatic carbocycles. The second-order valence-corrected chi connectivity index (χ2v) is 6.22. The minimum absolute atomic E-state index is 0.0669. The van der Waals surface area contributed by atoms with Crippen LogP contribution in [0, 0.1) is 0 Å². The molecule has 0 aliphatic heterocycles. The zero-order valence-corrected chi connectivity index (χ0v) is 12.7. The van der Waals surface area contributed by atoms with Gasteiger partial charge in [-0.25, -0.2) is 0 Å². The average Bonchev–Trinajstić information content (AvgIpc) is 3.03. The third kappa shape index (κ3) is 5.00. The van der Waals surface area contributed by atoms with Gasteiger partial charge in [0, 0.05) is 31.6 Å². The Morgan fingerprint density at radius 1 is 1.58 bits per heavy atom. The predicted molar refractivity (Wildman–Crippen MR) is 80.9 cm³/mol. The molecule has 0 atom stereocenters. The van der Waals surface area contributed by atoms with E-state index in [2.05, 4.69) is 26.3 Å². The smallest absolute Gasteiger partial charge is 0.244 e. The molecule has 2 heterocycles. The second kappa shape index (κ2) is 7.25. The van der Waals surface area contributed by atoms with Crippen LogP contribution in [0.5, 0.6) is 0 Å². The Hall–Kier alpha value is -1.40. The Balaban J connectivity index is 1.66. The maximum atomic E-state index is 11.6. The van der Waals surface area contributed by atoms with Crippen LogP contribution in [0.2, 0.25) is 0 Å². The minimum atomic E-state index is -0.0669. The summed E-state index contributed by atoms with van der Waals surface area (Å²) in [6, 6.07) is 3.87. The van der Waals surface area contributed by atoms with E-state index in [0.717, 1.165) is 22.3 Å². The molecule has 0 spiro atoms. The van der Waals surface area contributed by atoms with Gasteiger partial charge in [-0.15, -0.1) is 11.3 Å². The zero-order valence-electron chi connectivity index (χ0n) is 10.3. The molecule has 0 aliphatic rings. The van der Waals surface area contributed by atoms with Gasteiger partial charge in [-0.05, 0) is 51.5 Å². The summed E-state index contributed by atoms with van der Waals surface area (Å²) in [6.07, 6.45) is 7.90. The molecule has 1 amide bonds. The molecule has 0 bridgehead atoms. The molecule has 100 valence electrons. The minimum Gasteiger partial charge on any atom is -0.352 e. The molecule has 4 nitrogen and oxygen atoms in total. The van der Waals surface area contributed by atoms with Crippen molar-refractivity contribution in [3.63, 3.8) is 0 Å². The first-order chi connectivity index (χ1) is 9.24. The molecule has 0 unspecified atom stereocenters. The van der Waals surface area contributed by atoms with E-state index in [-0.39, 0.29) is 5.91 Å². The number of rotatable bonds is 6. The van der Waals surface area contributed by atoms with Gasteiger partial charge in [-0.1, -0.05) is 0 Å². The number of amides is 1. The normalized spacial score (nSPS) is 11.0. The van der Waals surface area contributed by atoms with Gasteiger partial charge in [0.25, 0.3) is 0 Å². The SMILES string of the molecule is O=C(/C=C\c1csc(Br)c1)NCCCn1cccn1. The molecule has 0 saturated carbocycles. The first kappa shape index (κ1) is 14.0. The van der Waals surface area contributed by atoms with Gasteiger partial charge in [0.15, 0.2) is 0 Å². The Kier molecular flexibility index (Phi) is 5.35. The average molecular weight is 340 g/mol. The van der Waals surface area contributed by atoms with E-state index < -0.39 is 0 Å². The van der Waals surface area contributed by atoms with E-state index in [0.29, 0.717) is 6.54 Å². The van der Waals surface area contributed by atoms with Crippen molar-refractivity contribution in [1.82, 2.24) is 15.1 Å². The fourth-order valence-electron chi connectivity index (χ4n) is 1.53. The lowest BCUT2D eigenvalue weighted by Gasteiger charge is -2.02. The number of nitrogens with zero attached hydrogens (tertiary/aromatic N) is 2. The van der Waals surface area contributed by atoms with Crippen LogP contribution in [0.3, 0.4) is 0 Å². The lowest BCUT2D eigenvalue weighted by Crippen LogP contribution is -2.23. The molecule has 6 heteroatoms. The standard InChI is InChI=1S/C13H14BrN3OS/c14-12-9-11(10-19-12)3-4-13(18)15-5-1-7-17-8-2-6-16-17/h2-4,6,8-10H,1,5,7H2,(H,15,18)/b4-3-. The molecule has 2 aromatic heterocycles. The topological polar surface area (TPSA) is 46.9 Å². The molecular formula is C13H14BrN3OS. The zero-order chi connectivity index (χ0) is 13.5. The highest BCUT2D eigenvalue weighted by molar-refractivity contribution is 9.11. The lowest BCUT2D eigenvalue weighted by atomic mass is 10.3. The van der Waals surface area contributed by atoms with Crippen molar-refractivity contribution in [2.24, 2.45) is 0 Å². The first-order valence-electron chi connectivity index (χ1n) is 5.91. The number of carbonyl (C=O) groups excluding carboxylic acids is 1. The highest BCUT2D eigenvalue weighted by Crippen LogP contribution is 2.21. The maximum absolute atomic E-state index is 11.6. The molecule has 19 heavy (non-hydrogen) atoms. The van der Waals surface area contributed by atoms with Crippen LogP contribution in [-0.2, 0) is 11.3 Å². The van der Waals surface area contributed by atoms with Gasteiger partial charge in [0.2, 0.25) is 5.91 Å². The van der Waals surface area contributed by atoms with E-state index >= 15 is 0 Å². The Morgan fingerprint density at radius 2 is 2.47 bits per heavy atom. The van der Waals surface area contributed by atoms with Crippen molar-refractivity contribution >= 4 is 39.2 Å². The Bertz CT molecular complexity index is 548. The summed E-state index contributed by atoms with van der Waals surface area (Å²) >= 11 is 4.99. The van der Waals surface area contributed by atoms with Crippen LogP contribution in [0.1, 0.15) is 12.0 Å². The highest BCUT2D eigenvalue weighted by atomic mass is 79.9. The molecule has 1 N–H and O–H groups in total. The van der Waals surface area contributed by atoms with Gasteiger partial charge >= 0.3 is 0 Å². The molecule has 2 rings (SSSR count). The summed E-state index contributed by atoms with van der Waals surface area (Å²) in [7, 11) is 0. The molecule has 0 radical (unpaired) electrons. The Morgan fingerprint density at radius 3 is 3.16 bits per heavy atom. The fraction of sp³-hybridized carbons (Fsp3) is 0.231. The summed E-state index contributed by atoms with van der Waals surface area (Å²) in [5, 5.41) is 8.94. The molecule has 2 aromatic rings. The maximum Gasteiger partial charge on any atom is 0.244 e. The summed E-state index contributed by atoms with van der Waals surface area (Å²) in [6.45, 7) is 1.46. The van der Waals surface area contributed by atoms with Crippen molar-refractivity contribution in [3.8, 4) is 0 Å². The van der Waals surface area contributed by atoms with Gasteiger partial charge in [0.05, 0.1) is 3.79 Å². The number of hydrogen-bond donors (Lipinski definition) is 1. The number of hydrogen-bond acceptors (Lipinski definition) is 3. The third-order valence-corrected chi connectivity index (χ3v) is 3.96. The van der Waals surface area contributed by atoms with E-state index in [1.54, 1.807) is 23.6 Å². The van der Waals surface area contributed by atoms with Gasteiger partial charge in [-0.2, -0.15) is 5.10 Å². The van der Waals surface area contributed by atoms with E-state index in [9.17, 15) is 4.79 Å². The number of halogens is 1. The third-order valence-electron chi connectivity index (χ3n) is 2.44. The quantitative estimate of drug-likeness (QED) is 0.649. The number of aromatic nitrogens is 2. The number of thiophene rings is 1. The largest absolute Gasteiger partial charge is 0.352 e. The van der Waals surface area contributed by atoms with E-state index in [1.807, 2.05) is 34.5 Å². The van der Waals surface area contributed by atoms with Gasteiger partial charge in [0.1, 0.15) is 0 Å². The molecular weight excluding hydrogens is 326 g/mol. The van der Waals surface area contributed by atoms with Crippen LogP contribution in [0.15, 0.2) is 39.8 Å². The predicted octanol–water partition coefficient (Wildman–Crippen LogP) is 2.93. The van der Waals surface area contributed by atoms with Crippen LogP contribution < -0.4 is 5.32 Å². The van der Waals surface area contributed by atoms with Crippen molar-refractivity contribution < 1.29 is 4.79 Å². The number of aryl methyl sites for hydroxylation is 1. The number of nitrogens with one attached hydrogen (secondary N) is 1.